The fraction of sp³-hybridized carbons (Fsp3) is 0.611. The van der Waals surface area contributed by atoms with Gasteiger partial charge in [0.05, 0.1) is 0 Å². The van der Waals surface area contributed by atoms with Crippen molar-refractivity contribution in [1.29, 1.82) is 0 Å². The van der Waals surface area contributed by atoms with Crippen molar-refractivity contribution < 1.29 is 4.79 Å². The van der Waals surface area contributed by atoms with Gasteiger partial charge in [-0.3, -0.25) is 4.79 Å². The van der Waals surface area contributed by atoms with Gasteiger partial charge in [0.1, 0.15) is 5.54 Å². The lowest BCUT2D eigenvalue weighted by molar-refractivity contribution is -0.126. The molecule has 1 aliphatic heterocycles. The minimum Gasteiger partial charge on any atom is -0.354 e. The molecule has 8 heteroatoms. The first-order chi connectivity index (χ1) is 11.0. The van der Waals surface area contributed by atoms with Gasteiger partial charge >= 0.3 is 0 Å². The van der Waals surface area contributed by atoms with Crippen molar-refractivity contribution in [1.82, 2.24) is 15.1 Å². The van der Waals surface area contributed by atoms with Crippen molar-refractivity contribution in [3.8, 4) is 0 Å². The van der Waals surface area contributed by atoms with Crippen molar-refractivity contribution >= 4 is 43.1 Å². The van der Waals surface area contributed by atoms with Gasteiger partial charge in [-0.15, -0.1) is 37.2 Å². The summed E-state index contributed by atoms with van der Waals surface area (Å²) in [5.41, 5.74) is 6.07. The number of rotatable bonds is 7. The number of carbonyl (C=O) groups excluding carboxylic acids is 1. The van der Waals surface area contributed by atoms with E-state index in [2.05, 4.69) is 22.0 Å². The SMILES string of the molecule is CCN1CCN(CCCNC(=O)C(C)(N)c2ccccc2)CC1.Cl.Cl.Cl. The summed E-state index contributed by atoms with van der Waals surface area (Å²) in [5.74, 6) is -0.112. The molecule has 5 nitrogen and oxygen atoms in total. The van der Waals surface area contributed by atoms with Gasteiger partial charge < -0.3 is 20.9 Å². The summed E-state index contributed by atoms with van der Waals surface area (Å²) >= 11 is 0. The average molecular weight is 428 g/mol. The Morgan fingerprint density at radius 2 is 1.62 bits per heavy atom. The van der Waals surface area contributed by atoms with E-state index in [1.807, 2.05) is 30.3 Å². The van der Waals surface area contributed by atoms with Crippen LogP contribution < -0.4 is 11.1 Å². The number of hydrogen-bond acceptors (Lipinski definition) is 4. The molecule has 0 spiro atoms. The molecule has 1 unspecified atom stereocenters. The van der Waals surface area contributed by atoms with Gasteiger partial charge in [-0.2, -0.15) is 0 Å². The van der Waals surface area contributed by atoms with Crippen LogP contribution in [0.3, 0.4) is 0 Å². The monoisotopic (exact) mass is 426 g/mol. The van der Waals surface area contributed by atoms with E-state index in [0.29, 0.717) is 6.54 Å². The first kappa shape index (κ1) is 27.7. The molecule has 0 aromatic heterocycles. The van der Waals surface area contributed by atoms with Crippen molar-refractivity contribution in [2.75, 3.05) is 45.8 Å². The molecule has 0 radical (unpaired) electrons. The minimum absolute atomic E-state index is 0. The molecular weight excluding hydrogens is 395 g/mol. The molecule has 0 saturated carbocycles. The highest BCUT2D eigenvalue weighted by atomic mass is 35.5. The number of nitrogens with one attached hydrogen (secondary N) is 1. The van der Waals surface area contributed by atoms with E-state index in [1.54, 1.807) is 6.92 Å². The standard InChI is InChI=1S/C18H30N4O.3ClH/c1-3-21-12-14-22(15-13-21)11-7-10-20-17(23)18(2,19)16-8-5-4-6-9-16;;;/h4-6,8-9H,3,7,10-15,19H2,1-2H3,(H,20,23);3*1H. The Morgan fingerprint density at radius 3 is 2.15 bits per heavy atom. The van der Waals surface area contributed by atoms with Crippen molar-refractivity contribution in [3.63, 3.8) is 0 Å². The van der Waals surface area contributed by atoms with Crippen LogP contribution in [0.2, 0.25) is 0 Å². The maximum absolute atomic E-state index is 12.3. The summed E-state index contributed by atoms with van der Waals surface area (Å²) in [7, 11) is 0. The van der Waals surface area contributed by atoms with E-state index in [0.717, 1.165) is 51.3 Å². The van der Waals surface area contributed by atoms with E-state index in [9.17, 15) is 4.79 Å². The maximum Gasteiger partial charge on any atom is 0.244 e. The van der Waals surface area contributed by atoms with E-state index in [4.69, 9.17) is 5.73 Å². The van der Waals surface area contributed by atoms with Crippen LogP contribution in [-0.2, 0) is 10.3 Å². The molecule has 152 valence electrons. The van der Waals surface area contributed by atoms with Gasteiger partial charge in [0.25, 0.3) is 0 Å². The van der Waals surface area contributed by atoms with Crippen LogP contribution in [0.25, 0.3) is 0 Å². The lowest BCUT2D eigenvalue weighted by Gasteiger charge is -2.34. The number of halogens is 3. The Balaban J connectivity index is 0. The lowest BCUT2D eigenvalue weighted by atomic mass is 9.92. The van der Waals surface area contributed by atoms with Crippen LogP contribution in [0, 0.1) is 0 Å². The number of hydrogen-bond donors (Lipinski definition) is 2. The second-order valence-electron chi connectivity index (χ2n) is 6.45. The Morgan fingerprint density at radius 1 is 1.08 bits per heavy atom. The summed E-state index contributed by atoms with van der Waals surface area (Å²) in [6.07, 6.45) is 0.961. The predicted octanol–water partition coefficient (Wildman–Crippen LogP) is 2.27. The Hall–Kier alpha value is -0.560. The quantitative estimate of drug-likeness (QED) is 0.655. The van der Waals surface area contributed by atoms with E-state index >= 15 is 0 Å². The number of carbonyl (C=O) groups is 1. The zero-order valence-corrected chi connectivity index (χ0v) is 18.1. The number of likely N-dealkylation sites (N-methyl/N-ethyl adjacent to an activating group) is 1. The van der Waals surface area contributed by atoms with Crippen LogP contribution in [0.4, 0.5) is 0 Å². The Labute approximate surface area is 176 Å². The highest BCUT2D eigenvalue weighted by Gasteiger charge is 2.29. The summed E-state index contributed by atoms with van der Waals surface area (Å²) < 4.78 is 0. The molecule has 1 aromatic carbocycles. The largest absolute Gasteiger partial charge is 0.354 e. The number of amides is 1. The van der Waals surface area contributed by atoms with Gasteiger partial charge in [0.15, 0.2) is 0 Å². The second-order valence-corrected chi connectivity index (χ2v) is 6.45. The summed E-state index contributed by atoms with van der Waals surface area (Å²) in [4.78, 5) is 17.3. The van der Waals surface area contributed by atoms with Crippen LogP contribution in [-0.4, -0.2) is 61.5 Å². The van der Waals surface area contributed by atoms with Crippen LogP contribution in [0.5, 0.6) is 0 Å². The maximum atomic E-state index is 12.3. The van der Waals surface area contributed by atoms with Gasteiger partial charge in [-0.25, -0.2) is 0 Å². The topological polar surface area (TPSA) is 61.6 Å². The molecule has 0 bridgehead atoms. The zero-order valence-electron chi connectivity index (χ0n) is 15.6. The molecule has 2 rings (SSSR count). The van der Waals surface area contributed by atoms with Gasteiger partial charge in [0, 0.05) is 32.7 Å². The number of nitrogens with zero attached hydrogens (tertiary/aromatic N) is 2. The smallest absolute Gasteiger partial charge is 0.244 e. The Kier molecular flexibility index (Phi) is 14.5. The van der Waals surface area contributed by atoms with Gasteiger partial charge in [0.2, 0.25) is 5.91 Å². The van der Waals surface area contributed by atoms with E-state index in [-0.39, 0.29) is 43.1 Å². The molecule has 1 heterocycles. The summed E-state index contributed by atoms with van der Waals surface area (Å²) in [6.45, 7) is 11.4. The van der Waals surface area contributed by atoms with Gasteiger partial charge in [-0.1, -0.05) is 37.3 Å². The van der Waals surface area contributed by atoms with Crippen LogP contribution >= 0.6 is 37.2 Å². The number of piperazine rings is 1. The van der Waals surface area contributed by atoms with Crippen LogP contribution in [0.15, 0.2) is 30.3 Å². The first-order valence-electron chi connectivity index (χ1n) is 8.61. The normalized spacial score (nSPS) is 17.0. The van der Waals surface area contributed by atoms with Gasteiger partial charge in [-0.05, 0) is 32.0 Å². The molecule has 3 N–H and O–H groups in total. The molecule has 1 saturated heterocycles. The molecular formula is C18H33Cl3N4O. The summed E-state index contributed by atoms with van der Waals surface area (Å²) in [6, 6.07) is 9.53. The molecule has 1 fully saturated rings. The molecule has 1 atom stereocenters. The molecule has 0 aliphatic carbocycles. The van der Waals surface area contributed by atoms with Crippen LogP contribution in [0.1, 0.15) is 25.8 Å². The third-order valence-corrected chi connectivity index (χ3v) is 4.69. The summed E-state index contributed by atoms with van der Waals surface area (Å²) in [5, 5.41) is 2.98. The highest BCUT2D eigenvalue weighted by Crippen LogP contribution is 2.17. The molecule has 26 heavy (non-hydrogen) atoms. The third-order valence-electron chi connectivity index (χ3n) is 4.69. The fourth-order valence-corrected chi connectivity index (χ4v) is 2.93. The van der Waals surface area contributed by atoms with E-state index < -0.39 is 5.54 Å². The number of benzene rings is 1. The number of nitrogens with two attached hydrogens (primary N) is 1. The van der Waals surface area contributed by atoms with Crippen molar-refractivity contribution in [3.05, 3.63) is 35.9 Å². The minimum atomic E-state index is -0.978. The Bertz CT molecular complexity index is 494. The molecule has 1 aromatic rings. The van der Waals surface area contributed by atoms with Crippen molar-refractivity contribution in [2.45, 2.75) is 25.8 Å². The lowest BCUT2D eigenvalue weighted by Crippen LogP contribution is -2.50. The highest BCUT2D eigenvalue weighted by molar-refractivity contribution is 5.87. The second kappa shape index (κ2) is 13.6. The molecule has 1 aliphatic rings. The fourth-order valence-electron chi connectivity index (χ4n) is 2.93. The average Bonchev–Trinajstić information content (AvgIpc) is 2.59. The predicted molar refractivity (Wildman–Crippen MR) is 116 cm³/mol. The first-order valence-corrected chi connectivity index (χ1v) is 8.61. The van der Waals surface area contributed by atoms with Crippen molar-refractivity contribution in [2.24, 2.45) is 5.73 Å². The third kappa shape index (κ3) is 7.99. The zero-order chi connectivity index (χ0) is 16.7. The molecule has 1 amide bonds. The van der Waals surface area contributed by atoms with E-state index in [1.165, 1.54) is 0 Å².